The topological polar surface area (TPSA) is 72.9 Å². The van der Waals surface area contributed by atoms with E-state index >= 15 is 0 Å². The quantitative estimate of drug-likeness (QED) is 0.651. The molecule has 0 saturated heterocycles. The Balaban J connectivity index is 1.56. The van der Waals surface area contributed by atoms with Gasteiger partial charge < -0.3 is 8.98 Å². The summed E-state index contributed by atoms with van der Waals surface area (Å²) in [6, 6.07) is 4.31. The molecule has 0 aliphatic carbocycles. The van der Waals surface area contributed by atoms with Crippen molar-refractivity contribution < 1.29 is 4.42 Å². The molecule has 3 heterocycles. The van der Waals surface area contributed by atoms with Crippen LogP contribution in [-0.2, 0) is 20.0 Å². The van der Waals surface area contributed by atoms with Gasteiger partial charge in [-0.3, -0.25) is 14.9 Å². The number of aryl methyl sites for hydroxylation is 1. The molecule has 24 heavy (non-hydrogen) atoms. The van der Waals surface area contributed by atoms with E-state index < -0.39 is 0 Å². The van der Waals surface area contributed by atoms with Gasteiger partial charge in [0, 0.05) is 38.1 Å². The van der Waals surface area contributed by atoms with Crippen molar-refractivity contribution in [1.82, 2.24) is 29.6 Å². The highest BCUT2D eigenvalue weighted by atomic mass is 32.2. The first-order valence-electron chi connectivity index (χ1n) is 7.67. The molecule has 3 aromatic rings. The SMILES string of the molecule is CC(Cc1cnccn1)N(C)Cc1ccc(Sc2nncn2C)o1. The second-order valence-corrected chi connectivity index (χ2v) is 6.68. The minimum absolute atomic E-state index is 0.335. The molecule has 126 valence electrons. The molecule has 0 radical (unpaired) electrons. The summed E-state index contributed by atoms with van der Waals surface area (Å²) in [7, 11) is 3.99. The van der Waals surface area contributed by atoms with Crippen molar-refractivity contribution in [1.29, 1.82) is 0 Å². The van der Waals surface area contributed by atoms with E-state index in [2.05, 4.69) is 39.0 Å². The van der Waals surface area contributed by atoms with Gasteiger partial charge in [-0.15, -0.1) is 10.2 Å². The Morgan fingerprint density at radius 1 is 1.33 bits per heavy atom. The number of furan rings is 1. The average Bonchev–Trinajstić information content (AvgIpc) is 3.18. The number of hydrogen-bond acceptors (Lipinski definition) is 7. The van der Waals surface area contributed by atoms with Gasteiger partial charge in [-0.25, -0.2) is 0 Å². The minimum Gasteiger partial charge on any atom is -0.453 e. The maximum Gasteiger partial charge on any atom is 0.198 e. The van der Waals surface area contributed by atoms with E-state index in [-0.39, 0.29) is 0 Å². The summed E-state index contributed by atoms with van der Waals surface area (Å²) in [6.07, 6.45) is 7.76. The van der Waals surface area contributed by atoms with Crippen molar-refractivity contribution in [3.8, 4) is 0 Å². The Morgan fingerprint density at radius 3 is 2.92 bits per heavy atom. The smallest absolute Gasteiger partial charge is 0.198 e. The zero-order chi connectivity index (χ0) is 16.9. The van der Waals surface area contributed by atoms with Gasteiger partial charge in [-0.2, -0.15) is 0 Å². The molecule has 3 aromatic heterocycles. The normalized spacial score (nSPS) is 12.7. The molecule has 1 unspecified atom stereocenters. The van der Waals surface area contributed by atoms with Crippen molar-refractivity contribution in [3.63, 3.8) is 0 Å². The van der Waals surface area contributed by atoms with Crippen LogP contribution in [0.2, 0.25) is 0 Å². The molecule has 1 atom stereocenters. The zero-order valence-electron chi connectivity index (χ0n) is 14.0. The molecule has 0 amide bonds. The summed E-state index contributed by atoms with van der Waals surface area (Å²) < 4.78 is 7.76. The Hall–Kier alpha value is -2.19. The third kappa shape index (κ3) is 4.21. The number of nitrogens with zero attached hydrogens (tertiary/aromatic N) is 6. The van der Waals surface area contributed by atoms with Gasteiger partial charge in [-0.05, 0) is 37.9 Å². The van der Waals surface area contributed by atoms with Crippen molar-refractivity contribution in [2.75, 3.05) is 7.05 Å². The van der Waals surface area contributed by atoms with Gasteiger partial charge >= 0.3 is 0 Å². The Kier molecular flexibility index (Phi) is 5.27. The Labute approximate surface area is 145 Å². The predicted octanol–water partition coefficient (Wildman–Crippen LogP) is 2.41. The van der Waals surface area contributed by atoms with E-state index in [0.717, 1.165) is 34.7 Å². The molecule has 0 aliphatic rings. The van der Waals surface area contributed by atoms with Crippen LogP contribution in [0.25, 0.3) is 0 Å². The summed E-state index contributed by atoms with van der Waals surface area (Å²) in [5.41, 5.74) is 0.995. The van der Waals surface area contributed by atoms with Gasteiger partial charge in [0.2, 0.25) is 0 Å². The third-order valence-electron chi connectivity index (χ3n) is 3.78. The van der Waals surface area contributed by atoms with E-state index in [1.54, 1.807) is 18.7 Å². The maximum absolute atomic E-state index is 5.90. The van der Waals surface area contributed by atoms with Gasteiger partial charge in [0.1, 0.15) is 12.1 Å². The average molecular weight is 344 g/mol. The van der Waals surface area contributed by atoms with Crippen LogP contribution < -0.4 is 0 Å². The number of hydrogen-bond donors (Lipinski definition) is 0. The Bertz CT molecular complexity index is 772. The van der Waals surface area contributed by atoms with Crippen LogP contribution in [-0.4, -0.2) is 42.7 Å². The van der Waals surface area contributed by atoms with Crippen molar-refractivity contribution in [3.05, 3.63) is 48.5 Å². The fourth-order valence-electron chi connectivity index (χ4n) is 2.25. The molecule has 3 rings (SSSR count). The highest BCUT2D eigenvalue weighted by molar-refractivity contribution is 7.99. The molecule has 7 nitrogen and oxygen atoms in total. The first-order valence-corrected chi connectivity index (χ1v) is 8.49. The molecule has 0 fully saturated rings. The van der Waals surface area contributed by atoms with E-state index in [9.17, 15) is 0 Å². The first-order chi connectivity index (χ1) is 11.6. The molecule has 0 saturated carbocycles. The number of aromatic nitrogens is 5. The second kappa shape index (κ2) is 7.59. The molecule has 8 heteroatoms. The minimum atomic E-state index is 0.335. The lowest BCUT2D eigenvalue weighted by Crippen LogP contribution is -2.30. The summed E-state index contributed by atoms with van der Waals surface area (Å²) in [5, 5.41) is 9.54. The first kappa shape index (κ1) is 16.7. The van der Waals surface area contributed by atoms with E-state index in [1.165, 1.54) is 11.8 Å². The molecule has 0 aromatic carbocycles. The fourth-order valence-corrected chi connectivity index (χ4v) is 2.99. The summed E-state index contributed by atoms with van der Waals surface area (Å²) in [5.74, 6) is 0.924. The molecule has 0 aliphatic heterocycles. The predicted molar refractivity (Wildman–Crippen MR) is 90.5 cm³/mol. The molecular formula is C16H20N6OS. The van der Waals surface area contributed by atoms with Gasteiger partial charge in [0.15, 0.2) is 10.2 Å². The second-order valence-electron chi connectivity index (χ2n) is 5.71. The highest BCUT2D eigenvalue weighted by Gasteiger charge is 2.14. The van der Waals surface area contributed by atoms with Crippen LogP contribution in [0.4, 0.5) is 0 Å². The van der Waals surface area contributed by atoms with Crippen LogP contribution in [0.15, 0.2) is 51.7 Å². The van der Waals surface area contributed by atoms with Crippen LogP contribution >= 0.6 is 11.8 Å². The van der Waals surface area contributed by atoms with Crippen LogP contribution in [0.3, 0.4) is 0 Å². The monoisotopic (exact) mass is 344 g/mol. The zero-order valence-corrected chi connectivity index (χ0v) is 14.8. The lowest BCUT2D eigenvalue weighted by Gasteiger charge is -2.23. The van der Waals surface area contributed by atoms with Crippen molar-refractivity contribution >= 4 is 11.8 Å². The fraction of sp³-hybridized carbons (Fsp3) is 0.375. The summed E-state index contributed by atoms with van der Waals surface area (Å²) in [6.45, 7) is 2.91. The van der Waals surface area contributed by atoms with Crippen LogP contribution in [0, 0.1) is 0 Å². The Morgan fingerprint density at radius 2 is 2.21 bits per heavy atom. The lowest BCUT2D eigenvalue weighted by atomic mass is 10.1. The van der Waals surface area contributed by atoms with Gasteiger partial charge in [0.05, 0.1) is 12.2 Å². The summed E-state index contributed by atoms with van der Waals surface area (Å²) >= 11 is 1.47. The number of rotatable bonds is 7. The molecule has 0 N–H and O–H groups in total. The van der Waals surface area contributed by atoms with Crippen molar-refractivity contribution in [2.24, 2.45) is 7.05 Å². The molecule has 0 spiro atoms. The van der Waals surface area contributed by atoms with Crippen LogP contribution in [0.1, 0.15) is 18.4 Å². The van der Waals surface area contributed by atoms with E-state index in [4.69, 9.17) is 4.42 Å². The maximum atomic E-state index is 5.90. The van der Waals surface area contributed by atoms with E-state index in [1.807, 2.05) is 29.9 Å². The lowest BCUT2D eigenvalue weighted by molar-refractivity contribution is 0.222. The third-order valence-corrected chi connectivity index (χ3v) is 4.75. The molecule has 0 bridgehead atoms. The van der Waals surface area contributed by atoms with Crippen LogP contribution in [0.5, 0.6) is 0 Å². The van der Waals surface area contributed by atoms with E-state index in [0.29, 0.717) is 6.04 Å². The van der Waals surface area contributed by atoms with Gasteiger partial charge in [0.25, 0.3) is 0 Å². The largest absolute Gasteiger partial charge is 0.453 e. The van der Waals surface area contributed by atoms with Crippen molar-refractivity contribution in [2.45, 2.75) is 36.2 Å². The van der Waals surface area contributed by atoms with Gasteiger partial charge in [-0.1, -0.05) is 0 Å². The molecular weight excluding hydrogens is 324 g/mol. The number of likely N-dealkylation sites (N-methyl/N-ethyl adjacent to an activating group) is 1. The summed E-state index contributed by atoms with van der Waals surface area (Å²) in [4.78, 5) is 10.7. The standard InChI is InChI=1S/C16H20N6OS/c1-12(8-13-9-17-6-7-18-13)21(2)10-14-4-5-15(23-14)24-16-20-19-11-22(16)3/h4-7,9,11-12H,8,10H2,1-3H3. The highest BCUT2D eigenvalue weighted by Crippen LogP contribution is 2.27.